The van der Waals surface area contributed by atoms with Gasteiger partial charge in [0.2, 0.25) is 0 Å². The second-order valence-corrected chi connectivity index (χ2v) is 7.36. The summed E-state index contributed by atoms with van der Waals surface area (Å²) in [4.78, 5) is 15.2. The van der Waals surface area contributed by atoms with Crippen LogP contribution in [0.3, 0.4) is 0 Å². The number of aromatic nitrogens is 2. The highest BCUT2D eigenvalue weighted by Gasteiger charge is 2.31. The zero-order valence-electron chi connectivity index (χ0n) is 19.2. The molecule has 3 aromatic rings. The van der Waals surface area contributed by atoms with Gasteiger partial charge in [-0.3, -0.25) is 4.79 Å². The number of rotatable bonds is 10. The van der Waals surface area contributed by atoms with E-state index in [-0.39, 0.29) is 17.1 Å². The molecule has 7 nitrogen and oxygen atoms in total. The number of benzene rings is 2. The van der Waals surface area contributed by atoms with E-state index in [9.17, 15) is 18.0 Å². The molecule has 0 aliphatic carbocycles. The third-order valence-electron chi connectivity index (χ3n) is 5.25. The van der Waals surface area contributed by atoms with Gasteiger partial charge in [-0.15, -0.1) is 0 Å². The van der Waals surface area contributed by atoms with Crippen LogP contribution in [-0.4, -0.2) is 53.9 Å². The van der Waals surface area contributed by atoms with Crippen molar-refractivity contribution in [2.45, 2.75) is 20.0 Å². The van der Waals surface area contributed by atoms with Crippen molar-refractivity contribution in [2.24, 2.45) is 0 Å². The lowest BCUT2D eigenvalue weighted by Gasteiger charge is -2.19. The van der Waals surface area contributed by atoms with Gasteiger partial charge in [-0.1, -0.05) is 32.0 Å². The Morgan fingerprint density at radius 3 is 2.50 bits per heavy atom. The average Bonchev–Trinajstić information content (AvgIpc) is 3.27. The monoisotopic (exact) mass is 476 g/mol. The Morgan fingerprint density at radius 2 is 1.82 bits per heavy atom. The standard InChI is InChI=1S/C24H27F3N4O3/c1-4-30(5-2)13-14-34-20-12-7-6-11-19(20)28-23(32)22-21(33-3)16-31(29-22)18-10-8-9-17(15-18)24(25,26)27/h6-12,15-16H,4-5,13-14H2,1-3H3,(H,28,32). The molecule has 34 heavy (non-hydrogen) atoms. The van der Waals surface area contributed by atoms with Gasteiger partial charge < -0.3 is 19.7 Å². The number of anilines is 1. The van der Waals surface area contributed by atoms with Crippen molar-refractivity contribution in [1.82, 2.24) is 14.7 Å². The summed E-state index contributed by atoms with van der Waals surface area (Å²) in [5, 5.41) is 6.93. The average molecular weight is 476 g/mol. The van der Waals surface area contributed by atoms with Crippen LogP contribution in [0.25, 0.3) is 5.69 Å². The van der Waals surface area contributed by atoms with Crippen LogP contribution in [0.15, 0.2) is 54.7 Å². The molecule has 0 aliphatic heterocycles. The molecule has 0 aliphatic rings. The summed E-state index contributed by atoms with van der Waals surface area (Å²) in [6.07, 6.45) is -3.14. The lowest BCUT2D eigenvalue weighted by Crippen LogP contribution is -2.28. The molecule has 0 saturated carbocycles. The number of likely N-dealkylation sites (N-methyl/N-ethyl adjacent to an activating group) is 1. The predicted molar refractivity (Wildman–Crippen MR) is 123 cm³/mol. The molecular formula is C24H27F3N4O3. The maximum atomic E-state index is 13.1. The number of para-hydroxylation sites is 2. The van der Waals surface area contributed by atoms with Crippen molar-refractivity contribution in [3.05, 3.63) is 66.0 Å². The Bertz CT molecular complexity index is 1110. The Morgan fingerprint density at radius 1 is 1.09 bits per heavy atom. The number of methoxy groups -OCH3 is 1. The van der Waals surface area contributed by atoms with E-state index >= 15 is 0 Å². The van der Waals surface area contributed by atoms with Crippen molar-refractivity contribution < 1.29 is 27.4 Å². The molecule has 1 aromatic heterocycles. The summed E-state index contributed by atoms with van der Waals surface area (Å²) in [5.41, 5.74) is -0.297. The smallest absolute Gasteiger partial charge is 0.416 e. The third kappa shape index (κ3) is 6.07. The molecular weight excluding hydrogens is 449 g/mol. The molecule has 3 rings (SSSR count). The molecule has 2 aromatic carbocycles. The van der Waals surface area contributed by atoms with Gasteiger partial charge in [-0.05, 0) is 43.4 Å². The molecule has 0 saturated heterocycles. The van der Waals surface area contributed by atoms with E-state index < -0.39 is 17.6 Å². The van der Waals surface area contributed by atoms with E-state index in [1.807, 2.05) is 0 Å². The number of hydrogen-bond acceptors (Lipinski definition) is 5. The number of halogens is 3. The van der Waals surface area contributed by atoms with Gasteiger partial charge in [0.1, 0.15) is 12.4 Å². The number of carbonyl (C=O) groups is 1. The van der Waals surface area contributed by atoms with Crippen molar-refractivity contribution in [3.8, 4) is 17.2 Å². The largest absolute Gasteiger partial charge is 0.493 e. The summed E-state index contributed by atoms with van der Waals surface area (Å²) in [6, 6.07) is 11.6. The van der Waals surface area contributed by atoms with Crippen LogP contribution in [0.4, 0.5) is 18.9 Å². The number of hydrogen-bond donors (Lipinski definition) is 1. The van der Waals surface area contributed by atoms with E-state index in [0.29, 0.717) is 18.0 Å². The zero-order chi connectivity index (χ0) is 24.7. The first-order chi connectivity index (χ1) is 16.3. The van der Waals surface area contributed by atoms with Gasteiger partial charge >= 0.3 is 6.18 Å². The molecule has 1 N–H and O–H groups in total. The number of nitrogens with zero attached hydrogens (tertiary/aromatic N) is 3. The zero-order valence-corrected chi connectivity index (χ0v) is 19.2. The normalized spacial score (nSPS) is 11.5. The van der Waals surface area contributed by atoms with Crippen LogP contribution in [0.1, 0.15) is 29.9 Å². The summed E-state index contributed by atoms with van der Waals surface area (Å²) in [7, 11) is 1.36. The van der Waals surface area contributed by atoms with E-state index in [1.165, 1.54) is 30.1 Å². The Hall–Kier alpha value is -3.53. The lowest BCUT2D eigenvalue weighted by atomic mass is 10.2. The van der Waals surface area contributed by atoms with E-state index in [0.717, 1.165) is 31.8 Å². The minimum atomic E-state index is -4.50. The molecule has 0 bridgehead atoms. The minimum absolute atomic E-state index is 0.0714. The second kappa shape index (κ2) is 11.1. The quantitative estimate of drug-likeness (QED) is 0.452. The number of nitrogens with one attached hydrogen (secondary N) is 1. The minimum Gasteiger partial charge on any atom is -0.493 e. The fourth-order valence-corrected chi connectivity index (χ4v) is 3.32. The first kappa shape index (κ1) is 25.1. The van der Waals surface area contributed by atoms with Crippen LogP contribution >= 0.6 is 0 Å². The number of alkyl halides is 3. The van der Waals surface area contributed by atoms with Gasteiger partial charge in [0.05, 0.1) is 30.2 Å². The van der Waals surface area contributed by atoms with E-state index in [4.69, 9.17) is 9.47 Å². The SMILES string of the molecule is CCN(CC)CCOc1ccccc1NC(=O)c1nn(-c2cccc(C(F)(F)F)c2)cc1OC. The van der Waals surface area contributed by atoms with Crippen molar-refractivity contribution in [2.75, 3.05) is 38.7 Å². The molecule has 0 fully saturated rings. The fraction of sp³-hybridized carbons (Fsp3) is 0.333. The van der Waals surface area contributed by atoms with Crippen LogP contribution in [0, 0.1) is 0 Å². The number of amides is 1. The van der Waals surface area contributed by atoms with Gasteiger partial charge in [0, 0.05) is 6.54 Å². The van der Waals surface area contributed by atoms with Gasteiger partial charge in [-0.25, -0.2) is 4.68 Å². The molecule has 0 spiro atoms. The molecule has 0 unspecified atom stereocenters. The Labute approximate surface area is 196 Å². The molecule has 1 heterocycles. The van der Waals surface area contributed by atoms with Crippen LogP contribution in [-0.2, 0) is 6.18 Å². The van der Waals surface area contributed by atoms with Crippen molar-refractivity contribution >= 4 is 11.6 Å². The summed E-state index contributed by atoms with van der Waals surface area (Å²) >= 11 is 0. The molecule has 10 heteroatoms. The fourth-order valence-electron chi connectivity index (χ4n) is 3.32. The Kier molecular flexibility index (Phi) is 8.17. The van der Waals surface area contributed by atoms with E-state index in [2.05, 4.69) is 29.2 Å². The van der Waals surface area contributed by atoms with Crippen LogP contribution in [0.5, 0.6) is 11.5 Å². The first-order valence-electron chi connectivity index (χ1n) is 10.8. The molecule has 182 valence electrons. The Balaban J connectivity index is 1.80. The van der Waals surface area contributed by atoms with Gasteiger partial charge in [0.15, 0.2) is 11.4 Å². The number of carbonyl (C=O) groups excluding carboxylic acids is 1. The highest BCUT2D eigenvalue weighted by molar-refractivity contribution is 6.05. The summed E-state index contributed by atoms with van der Waals surface area (Å²) in [6.45, 7) is 7.15. The maximum Gasteiger partial charge on any atom is 0.416 e. The van der Waals surface area contributed by atoms with Gasteiger partial charge in [0.25, 0.3) is 5.91 Å². The highest BCUT2D eigenvalue weighted by Crippen LogP contribution is 2.31. The maximum absolute atomic E-state index is 13.1. The molecule has 1 amide bonds. The third-order valence-corrected chi connectivity index (χ3v) is 5.25. The molecule has 0 atom stereocenters. The lowest BCUT2D eigenvalue weighted by molar-refractivity contribution is -0.137. The molecule has 0 radical (unpaired) electrons. The summed E-state index contributed by atoms with van der Waals surface area (Å²) in [5.74, 6) is 0.0384. The summed E-state index contributed by atoms with van der Waals surface area (Å²) < 4.78 is 51.5. The van der Waals surface area contributed by atoms with Crippen molar-refractivity contribution in [3.63, 3.8) is 0 Å². The topological polar surface area (TPSA) is 68.6 Å². The van der Waals surface area contributed by atoms with Crippen LogP contribution < -0.4 is 14.8 Å². The highest BCUT2D eigenvalue weighted by atomic mass is 19.4. The first-order valence-corrected chi connectivity index (χ1v) is 10.8. The van der Waals surface area contributed by atoms with Gasteiger partial charge in [-0.2, -0.15) is 18.3 Å². The second-order valence-electron chi connectivity index (χ2n) is 7.36. The predicted octanol–water partition coefficient (Wildman–Crippen LogP) is 4.87. The van der Waals surface area contributed by atoms with Crippen LogP contribution in [0.2, 0.25) is 0 Å². The van der Waals surface area contributed by atoms with E-state index in [1.54, 1.807) is 24.3 Å². The van der Waals surface area contributed by atoms with Crippen molar-refractivity contribution in [1.29, 1.82) is 0 Å². The number of ether oxygens (including phenoxy) is 2.